The molecule has 0 atom stereocenters. The van der Waals surface area contributed by atoms with Gasteiger partial charge in [0.15, 0.2) is 5.65 Å². The number of fused-ring (bicyclic) bond motifs is 3. The van der Waals surface area contributed by atoms with Crippen LogP contribution in [0.2, 0.25) is 5.02 Å². The van der Waals surface area contributed by atoms with Gasteiger partial charge in [0.05, 0.1) is 16.3 Å². The van der Waals surface area contributed by atoms with Crippen LogP contribution in [0.3, 0.4) is 0 Å². The number of anilines is 2. The zero-order chi connectivity index (χ0) is 22.5. The molecule has 0 amide bonds. The van der Waals surface area contributed by atoms with Crippen LogP contribution < -0.4 is 10.9 Å². The van der Waals surface area contributed by atoms with Crippen LogP contribution in [0.25, 0.3) is 22.5 Å². The molecule has 11 heteroatoms. The highest BCUT2D eigenvalue weighted by Gasteiger charge is 2.30. The number of rotatable bonds is 3. The minimum absolute atomic E-state index is 0.113. The summed E-state index contributed by atoms with van der Waals surface area (Å²) in [4.78, 5) is 26.1. The van der Waals surface area contributed by atoms with Gasteiger partial charge in [0.1, 0.15) is 5.39 Å². The normalized spacial score (nSPS) is 11.9. The van der Waals surface area contributed by atoms with Crippen molar-refractivity contribution in [1.82, 2.24) is 23.9 Å². The van der Waals surface area contributed by atoms with Gasteiger partial charge in [0.2, 0.25) is 11.7 Å². The number of para-hydroxylation sites is 1. The molecule has 32 heavy (non-hydrogen) atoms. The van der Waals surface area contributed by atoms with Crippen molar-refractivity contribution in [2.75, 3.05) is 5.32 Å². The molecular formula is C21H12ClF3N6O. The number of benzene rings is 2. The molecule has 0 unspecified atom stereocenters. The average Bonchev–Trinajstić information content (AvgIpc) is 3.25. The summed E-state index contributed by atoms with van der Waals surface area (Å²) in [5, 5.41) is 3.44. The minimum Gasteiger partial charge on any atom is -0.324 e. The molecule has 3 heterocycles. The third-order valence-corrected chi connectivity index (χ3v) is 5.13. The van der Waals surface area contributed by atoms with Gasteiger partial charge in [-0.25, -0.2) is 14.5 Å². The van der Waals surface area contributed by atoms with Crippen LogP contribution in [0.15, 0.2) is 71.9 Å². The number of hydrogen-bond donors (Lipinski definition) is 1. The molecule has 5 rings (SSSR count). The van der Waals surface area contributed by atoms with Crippen LogP contribution in [0.1, 0.15) is 5.56 Å². The van der Waals surface area contributed by atoms with E-state index >= 15 is 0 Å². The standard InChI is InChI=1S/C21H12ClF3N6O/c22-15-3-1-2-4-16(15)31-18(32)14-11-27-19(29-17(14)30-10-9-26-20(30)31)28-13-7-5-12(6-8-13)21(23,24)25/h1-11H,(H,27,28,29). The van der Waals surface area contributed by atoms with Crippen molar-refractivity contribution >= 4 is 40.0 Å². The Morgan fingerprint density at radius 2 is 1.75 bits per heavy atom. The molecule has 0 saturated carbocycles. The van der Waals surface area contributed by atoms with E-state index in [9.17, 15) is 18.0 Å². The molecular weight excluding hydrogens is 445 g/mol. The number of imidazole rings is 1. The van der Waals surface area contributed by atoms with Crippen molar-refractivity contribution in [3.63, 3.8) is 0 Å². The van der Waals surface area contributed by atoms with E-state index < -0.39 is 17.3 Å². The Hall–Kier alpha value is -3.92. The number of nitrogens with one attached hydrogen (secondary N) is 1. The number of nitrogens with zero attached hydrogens (tertiary/aromatic N) is 5. The average molecular weight is 457 g/mol. The first kappa shape index (κ1) is 20.0. The molecule has 5 aromatic rings. The number of alkyl halides is 3. The fourth-order valence-electron chi connectivity index (χ4n) is 3.33. The summed E-state index contributed by atoms with van der Waals surface area (Å²) in [6.07, 6.45) is 0.0857. The maximum Gasteiger partial charge on any atom is 0.416 e. The van der Waals surface area contributed by atoms with Gasteiger partial charge < -0.3 is 5.32 Å². The molecule has 0 spiro atoms. The quantitative estimate of drug-likeness (QED) is 0.420. The van der Waals surface area contributed by atoms with E-state index in [1.165, 1.54) is 29.1 Å². The van der Waals surface area contributed by atoms with E-state index in [0.717, 1.165) is 12.1 Å². The molecule has 2 aromatic carbocycles. The first-order chi connectivity index (χ1) is 15.3. The smallest absolute Gasteiger partial charge is 0.324 e. The highest BCUT2D eigenvalue weighted by atomic mass is 35.5. The summed E-state index contributed by atoms with van der Waals surface area (Å²) in [7, 11) is 0. The molecule has 0 bridgehead atoms. The third kappa shape index (κ3) is 3.34. The zero-order valence-corrected chi connectivity index (χ0v) is 16.8. The molecule has 3 aromatic heterocycles. The van der Waals surface area contributed by atoms with Crippen LogP contribution in [0.4, 0.5) is 24.8 Å². The summed E-state index contributed by atoms with van der Waals surface area (Å²) in [6, 6.07) is 11.3. The Labute approximate surface area is 182 Å². The van der Waals surface area contributed by atoms with Crippen molar-refractivity contribution in [2.24, 2.45) is 0 Å². The summed E-state index contributed by atoms with van der Waals surface area (Å²) >= 11 is 6.30. The van der Waals surface area contributed by atoms with E-state index in [2.05, 4.69) is 20.3 Å². The van der Waals surface area contributed by atoms with Gasteiger partial charge in [0, 0.05) is 24.3 Å². The molecule has 0 aliphatic rings. The van der Waals surface area contributed by atoms with Crippen LogP contribution in [0, 0.1) is 0 Å². The van der Waals surface area contributed by atoms with Crippen LogP contribution in [0.5, 0.6) is 0 Å². The first-order valence-corrected chi connectivity index (χ1v) is 9.65. The van der Waals surface area contributed by atoms with Crippen molar-refractivity contribution in [2.45, 2.75) is 6.18 Å². The second kappa shape index (κ2) is 7.34. The lowest BCUT2D eigenvalue weighted by Gasteiger charge is -2.12. The Morgan fingerprint density at radius 3 is 2.47 bits per heavy atom. The van der Waals surface area contributed by atoms with Gasteiger partial charge in [0.25, 0.3) is 5.56 Å². The summed E-state index contributed by atoms with van der Waals surface area (Å²) < 4.78 is 41.3. The van der Waals surface area contributed by atoms with E-state index in [4.69, 9.17) is 11.6 Å². The maximum atomic E-state index is 13.2. The monoisotopic (exact) mass is 456 g/mol. The first-order valence-electron chi connectivity index (χ1n) is 9.27. The predicted octanol–water partition coefficient (Wildman–Crippen LogP) is 4.84. The van der Waals surface area contributed by atoms with Crippen LogP contribution >= 0.6 is 11.6 Å². The topological polar surface area (TPSA) is 77.1 Å². The SMILES string of the molecule is O=c1c2cnc(Nc3ccc(C(F)(F)F)cc3)nc2n2ccnc2n1-c1ccccc1Cl. The molecule has 0 radical (unpaired) electrons. The van der Waals surface area contributed by atoms with Gasteiger partial charge >= 0.3 is 6.18 Å². The van der Waals surface area contributed by atoms with Crippen LogP contribution in [-0.4, -0.2) is 23.9 Å². The van der Waals surface area contributed by atoms with Gasteiger partial charge in [-0.3, -0.25) is 9.20 Å². The second-order valence-electron chi connectivity index (χ2n) is 6.82. The predicted molar refractivity (Wildman–Crippen MR) is 114 cm³/mol. The lowest BCUT2D eigenvalue weighted by atomic mass is 10.2. The maximum absolute atomic E-state index is 13.2. The van der Waals surface area contributed by atoms with Gasteiger partial charge in [-0.2, -0.15) is 18.2 Å². The highest BCUT2D eigenvalue weighted by Crippen LogP contribution is 2.30. The Morgan fingerprint density at radius 1 is 1.00 bits per heavy atom. The number of aromatic nitrogens is 5. The highest BCUT2D eigenvalue weighted by molar-refractivity contribution is 6.32. The lowest BCUT2D eigenvalue weighted by molar-refractivity contribution is -0.137. The van der Waals surface area contributed by atoms with Gasteiger partial charge in [-0.1, -0.05) is 23.7 Å². The van der Waals surface area contributed by atoms with Crippen molar-refractivity contribution < 1.29 is 13.2 Å². The van der Waals surface area contributed by atoms with E-state index in [0.29, 0.717) is 22.2 Å². The van der Waals surface area contributed by atoms with Crippen molar-refractivity contribution in [1.29, 1.82) is 0 Å². The largest absolute Gasteiger partial charge is 0.416 e. The van der Waals surface area contributed by atoms with E-state index in [1.54, 1.807) is 34.9 Å². The molecule has 7 nitrogen and oxygen atoms in total. The zero-order valence-electron chi connectivity index (χ0n) is 16.0. The molecule has 0 saturated heterocycles. The third-order valence-electron chi connectivity index (χ3n) is 4.81. The molecule has 1 N–H and O–H groups in total. The van der Waals surface area contributed by atoms with E-state index in [-0.39, 0.29) is 17.0 Å². The number of hydrogen-bond acceptors (Lipinski definition) is 5. The summed E-state index contributed by atoms with van der Waals surface area (Å²) in [6.45, 7) is 0. The fraction of sp³-hybridized carbons (Fsp3) is 0.0476. The Balaban J connectivity index is 1.62. The number of halogens is 4. The Kier molecular flexibility index (Phi) is 4.59. The minimum atomic E-state index is -4.42. The summed E-state index contributed by atoms with van der Waals surface area (Å²) in [5.74, 6) is 0.414. The molecule has 0 fully saturated rings. The van der Waals surface area contributed by atoms with Gasteiger partial charge in [-0.05, 0) is 36.4 Å². The molecule has 160 valence electrons. The Bertz CT molecular complexity index is 1530. The fourth-order valence-corrected chi connectivity index (χ4v) is 3.55. The van der Waals surface area contributed by atoms with E-state index in [1.807, 2.05) is 0 Å². The van der Waals surface area contributed by atoms with Crippen LogP contribution in [-0.2, 0) is 6.18 Å². The van der Waals surface area contributed by atoms with Crippen molar-refractivity contribution in [3.05, 3.63) is 88.1 Å². The lowest BCUT2D eigenvalue weighted by Crippen LogP contribution is -2.22. The van der Waals surface area contributed by atoms with Gasteiger partial charge in [-0.15, -0.1) is 0 Å². The summed E-state index contributed by atoms with van der Waals surface area (Å²) in [5.41, 5.74) is -0.0568. The second-order valence-corrected chi connectivity index (χ2v) is 7.23. The van der Waals surface area contributed by atoms with Crippen molar-refractivity contribution in [3.8, 4) is 5.69 Å². The molecule has 0 aliphatic carbocycles. The molecule has 0 aliphatic heterocycles.